The maximum absolute atomic E-state index is 10.9. The highest BCUT2D eigenvalue weighted by atomic mass is 32.2. The van der Waals surface area contributed by atoms with Crippen molar-refractivity contribution >= 4 is 16.1 Å². The number of unbranched alkanes of at least 4 members (excludes halogenated alkanes) is 11. The van der Waals surface area contributed by atoms with Crippen molar-refractivity contribution in [1.29, 1.82) is 0 Å². The largest absolute Gasteiger partial charge is 0.480 e. The van der Waals surface area contributed by atoms with Crippen LogP contribution in [0.2, 0.25) is 0 Å². The van der Waals surface area contributed by atoms with Crippen molar-refractivity contribution < 1.29 is 22.9 Å². The molecule has 0 unspecified atom stereocenters. The summed E-state index contributed by atoms with van der Waals surface area (Å²) in [7, 11) is -4.48. The number of hydrogen-bond donors (Lipinski definition) is 2. The van der Waals surface area contributed by atoms with Crippen LogP contribution in [0, 0.1) is 0 Å². The van der Waals surface area contributed by atoms with E-state index in [2.05, 4.69) is 6.92 Å². The zero-order valence-corrected chi connectivity index (χ0v) is 14.6. The standard InChI is InChI=1S/C16H32O5S/c1-2-3-4-5-6-7-8-9-10-11-12-13-14-15(16(17)18)22(19,20)21/h15H,2-14H2,1H3,(H,17,18)(H,19,20,21)/t15-/m1/s1. The van der Waals surface area contributed by atoms with Gasteiger partial charge >= 0.3 is 5.97 Å². The molecule has 0 aromatic heterocycles. The van der Waals surface area contributed by atoms with E-state index in [9.17, 15) is 13.2 Å². The molecule has 0 aliphatic carbocycles. The predicted molar refractivity (Wildman–Crippen MR) is 88.7 cm³/mol. The normalized spacial score (nSPS) is 13.2. The van der Waals surface area contributed by atoms with Crippen LogP contribution in [0.4, 0.5) is 0 Å². The summed E-state index contributed by atoms with van der Waals surface area (Å²) in [4.78, 5) is 10.7. The molecule has 0 heterocycles. The summed E-state index contributed by atoms with van der Waals surface area (Å²) in [6.45, 7) is 2.22. The van der Waals surface area contributed by atoms with Gasteiger partial charge < -0.3 is 5.11 Å². The highest BCUT2D eigenvalue weighted by Gasteiger charge is 2.29. The summed E-state index contributed by atoms with van der Waals surface area (Å²) in [5.41, 5.74) is 0. The molecule has 0 rings (SSSR count). The van der Waals surface area contributed by atoms with Crippen LogP contribution in [-0.4, -0.2) is 29.3 Å². The Morgan fingerprint density at radius 2 is 1.18 bits per heavy atom. The predicted octanol–water partition coefficient (Wildman–Crippen LogP) is 4.42. The first-order valence-corrected chi connectivity index (χ1v) is 10.1. The Morgan fingerprint density at radius 1 is 0.818 bits per heavy atom. The first-order valence-electron chi connectivity index (χ1n) is 8.58. The van der Waals surface area contributed by atoms with Crippen molar-refractivity contribution in [2.45, 2.75) is 95.6 Å². The van der Waals surface area contributed by atoms with Crippen LogP contribution in [0.5, 0.6) is 0 Å². The summed E-state index contributed by atoms with van der Waals surface area (Å²) in [5.74, 6) is -1.47. The summed E-state index contributed by atoms with van der Waals surface area (Å²) >= 11 is 0. The molecule has 0 bridgehead atoms. The smallest absolute Gasteiger partial charge is 0.324 e. The molecule has 0 saturated heterocycles. The van der Waals surface area contributed by atoms with Crippen LogP contribution < -0.4 is 0 Å². The fourth-order valence-electron chi connectivity index (χ4n) is 2.57. The Hall–Kier alpha value is -0.620. The van der Waals surface area contributed by atoms with Crippen molar-refractivity contribution in [2.24, 2.45) is 0 Å². The molecule has 0 aliphatic heterocycles. The SMILES string of the molecule is CCCCCCCCCCCCCC[C@H](C(=O)O)S(=O)(=O)O. The van der Waals surface area contributed by atoms with Gasteiger partial charge in [-0.1, -0.05) is 84.0 Å². The van der Waals surface area contributed by atoms with E-state index in [4.69, 9.17) is 9.66 Å². The Bertz CT molecular complexity index is 378. The van der Waals surface area contributed by atoms with E-state index in [1.165, 1.54) is 51.4 Å². The van der Waals surface area contributed by atoms with E-state index in [1.54, 1.807) is 0 Å². The molecule has 0 aromatic carbocycles. The molecule has 0 radical (unpaired) electrons. The number of carboxylic acid groups (broad SMARTS) is 1. The van der Waals surface area contributed by atoms with Gasteiger partial charge in [-0.2, -0.15) is 8.42 Å². The Morgan fingerprint density at radius 3 is 1.50 bits per heavy atom. The van der Waals surface area contributed by atoms with Gasteiger partial charge in [0.15, 0.2) is 5.25 Å². The fourth-order valence-corrected chi connectivity index (χ4v) is 3.29. The van der Waals surface area contributed by atoms with Crippen molar-refractivity contribution in [3.63, 3.8) is 0 Å². The van der Waals surface area contributed by atoms with Gasteiger partial charge in [-0.3, -0.25) is 9.35 Å². The van der Waals surface area contributed by atoms with Crippen molar-refractivity contribution in [3.8, 4) is 0 Å². The maximum atomic E-state index is 10.9. The first-order chi connectivity index (χ1) is 10.4. The van der Waals surface area contributed by atoms with Crippen LogP contribution in [0.1, 0.15) is 90.4 Å². The van der Waals surface area contributed by atoms with Crippen LogP contribution >= 0.6 is 0 Å². The van der Waals surface area contributed by atoms with E-state index < -0.39 is 21.3 Å². The van der Waals surface area contributed by atoms with Crippen LogP contribution in [0.25, 0.3) is 0 Å². The monoisotopic (exact) mass is 336 g/mol. The van der Waals surface area contributed by atoms with Gasteiger partial charge in [0.1, 0.15) is 0 Å². The van der Waals surface area contributed by atoms with Gasteiger partial charge in [0, 0.05) is 0 Å². The second kappa shape index (κ2) is 12.9. The van der Waals surface area contributed by atoms with Gasteiger partial charge in [-0.05, 0) is 6.42 Å². The average molecular weight is 336 g/mol. The third-order valence-electron chi connectivity index (χ3n) is 3.95. The molecule has 0 aromatic rings. The van der Waals surface area contributed by atoms with Crippen molar-refractivity contribution in [3.05, 3.63) is 0 Å². The molecule has 5 nitrogen and oxygen atoms in total. The first kappa shape index (κ1) is 21.4. The summed E-state index contributed by atoms with van der Waals surface area (Å²) < 4.78 is 30.6. The second-order valence-electron chi connectivity index (χ2n) is 6.02. The molecule has 132 valence electrons. The molecule has 2 N–H and O–H groups in total. The van der Waals surface area contributed by atoms with E-state index >= 15 is 0 Å². The number of carbonyl (C=O) groups is 1. The van der Waals surface area contributed by atoms with Gasteiger partial charge in [0.05, 0.1) is 0 Å². The minimum atomic E-state index is -4.48. The maximum Gasteiger partial charge on any atom is 0.324 e. The van der Waals surface area contributed by atoms with Crippen molar-refractivity contribution in [2.75, 3.05) is 0 Å². The van der Waals surface area contributed by atoms with Crippen molar-refractivity contribution in [1.82, 2.24) is 0 Å². The van der Waals surface area contributed by atoms with Gasteiger partial charge in [0.25, 0.3) is 10.1 Å². The highest BCUT2D eigenvalue weighted by Crippen LogP contribution is 2.15. The summed E-state index contributed by atoms with van der Waals surface area (Å²) in [6.07, 6.45) is 13.8. The molecule has 0 fully saturated rings. The lowest BCUT2D eigenvalue weighted by Crippen LogP contribution is -2.29. The topological polar surface area (TPSA) is 91.7 Å². The summed E-state index contributed by atoms with van der Waals surface area (Å²) in [5, 5.41) is 7.08. The second-order valence-corrected chi connectivity index (χ2v) is 7.62. The minimum absolute atomic E-state index is 0.00834. The number of rotatable bonds is 15. The molecular formula is C16H32O5S. The van der Waals surface area contributed by atoms with E-state index in [0.717, 1.165) is 19.3 Å². The molecule has 0 aliphatic rings. The van der Waals surface area contributed by atoms with E-state index in [-0.39, 0.29) is 6.42 Å². The van der Waals surface area contributed by atoms with Gasteiger partial charge in [-0.25, -0.2) is 0 Å². The quantitative estimate of drug-likeness (QED) is 0.341. The van der Waals surface area contributed by atoms with Gasteiger partial charge in [0.2, 0.25) is 0 Å². The third-order valence-corrected chi connectivity index (χ3v) is 5.11. The molecule has 1 atom stereocenters. The fraction of sp³-hybridized carbons (Fsp3) is 0.938. The van der Waals surface area contributed by atoms with E-state index in [1.807, 2.05) is 0 Å². The minimum Gasteiger partial charge on any atom is -0.480 e. The number of hydrogen-bond acceptors (Lipinski definition) is 3. The number of carboxylic acids is 1. The Labute approximate surface area is 135 Å². The summed E-state index contributed by atoms with van der Waals surface area (Å²) in [6, 6.07) is 0. The molecule has 0 amide bonds. The zero-order chi connectivity index (χ0) is 16.8. The molecular weight excluding hydrogens is 304 g/mol. The van der Waals surface area contributed by atoms with Crippen LogP contribution in [0.3, 0.4) is 0 Å². The number of aliphatic carboxylic acids is 1. The third kappa shape index (κ3) is 12.0. The zero-order valence-electron chi connectivity index (χ0n) is 13.8. The van der Waals surface area contributed by atoms with Crippen LogP contribution in [0.15, 0.2) is 0 Å². The van der Waals surface area contributed by atoms with Crippen LogP contribution in [-0.2, 0) is 14.9 Å². The average Bonchev–Trinajstić information content (AvgIpc) is 2.42. The molecule has 0 spiro atoms. The molecule has 22 heavy (non-hydrogen) atoms. The highest BCUT2D eigenvalue weighted by molar-refractivity contribution is 7.87. The Kier molecular flexibility index (Phi) is 12.5. The van der Waals surface area contributed by atoms with E-state index in [0.29, 0.717) is 6.42 Å². The van der Waals surface area contributed by atoms with Gasteiger partial charge in [-0.15, -0.1) is 0 Å². The lowest BCUT2D eigenvalue weighted by molar-refractivity contribution is -0.136. The lowest BCUT2D eigenvalue weighted by Gasteiger charge is -2.08. The molecule has 0 saturated carbocycles. The Balaban J connectivity index is 3.45. The lowest BCUT2D eigenvalue weighted by atomic mass is 10.0. The molecule has 6 heteroatoms.